The molecule has 1 atom stereocenters. The molecule has 1 saturated heterocycles. The van der Waals surface area contributed by atoms with Gasteiger partial charge in [0.05, 0.1) is 19.3 Å². The minimum Gasteiger partial charge on any atom is -0.389 e. The first kappa shape index (κ1) is 10.4. The summed E-state index contributed by atoms with van der Waals surface area (Å²) in [6.45, 7) is 3.36. The summed E-state index contributed by atoms with van der Waals surface area (Å²) in [7, 11) is 1.40. The van der Waals surface area contributed by atoms with Gasteiger partial charge in [-0.1, -0.05) is 0 Å². The summed E-state index contributed by atoms with van der Waals surface area (Å²) >= 11 is 0. The van der Waals surface area contributed by atoms with Gasteiger partial charge in [0.2, 0.25) is 0 Å². The zero-order valence-corrected chi connectivity index (χ0v) is 8.04. The Labute approximate surface area is 77.6 Å². The van der Waals surface area contributed by atoms with Crippen LogP contribution >= 0.6 is 0 Å². The SMILES string of the molecule is CONC(=O)CN1CCC(C)(O)C1. The van der Waals surface area contributed by atoms with E-state index >= 15 is 0 Å². The highest BCUT2D eigenvalue weighted by molar-refractivity contribution is 5.76. The lowest BCUT2D eigenvalue weighted by atomic mass is 10.1. The third kappa shape index (κ3) is 3.30. The Morgan fingerprint density at radius 3 is 2.92 bits per heavy atom. The Morgan fingerprint density at radius 2 is 2.46 bits per heavy atom. The molecule has 5 nitrogen and oxygen atoms in total. The first-order valence-electron chi connectivity index (χ1n) is 4.30. The van der Waals surface area contributed by atoms with Gasteiger partial charge >= 0.3 is 0 Å². The van der Waals surface area contributed by atoms with Crippen molar-refractivity contribution in [1.82, 2.24) is 10.4 Å². The van der Waals surface area contributed by atoms with Crippen LogP contribution in [-0.4, -0.2) is 48.3 Å². The van der Waals surface area contributed by atoms with Crippen molar-refractivity contribution in [3.63, 3.8) is 0 Å². The maximum absolute atomic E-state index is 11.1. The van der Waals surface area contributed by atoms with Gasteiger partial charge in [-0.15, -0.1) is 0 Å². The van der Waals surface area contributed by atoms with Crippen molar-refractivity contribution >= 4 is 5.91 Å². The Morgan fingerprint density at radius 1 is 1.77 bits per heavy atom. The zero-order valence-electron chi connectivity index (χ0n) is 8.04. The fourth-order valence-corrected chi connectivity index (χ4v) is 1.52. The molecule has 1 heterocycles. The van der Waals surface area contributed by atoms with E-state index in [9.17, 15) is 9.90 Å². The lowest BCUT2D eigenvalue weighted by molar-refractivity contribution is -0.132. The van der Waals surface area contributed by atoms with E-state index in [1.807, 2.05) is 4.90 Å². The van der Waals surface area contributed by atoms with Gasteiger partial charge in [0, 0.05) is 13.1 Å². The summed E-state index contributed by atoms with van der Waals surface area (Å²) < 4.78 is 0. The van der Waals surface area contributed by atoms with Crippen molar-refractivity contribution in [1.29, 1.82) is 0 Å². The zero-order chi connectivity index (χ0) is 9.90. The molecule has 0 bridgehead atoms. The molecule has 13 heavy (non-hydrogen) atoms. The topological polar surface area (TPSA) is 61.8 Å². The highest BCUT2D eigenvalue weighted by Crippen LogP contribution is 2.19. The molecule has 0 aromatic rings. The summed E-state index contributed by atoms with van der Waals surface area (Å²) in [6.07, 6.45) is 0.716. The van der Waals surface area contributed by atoms with Gasteiger partial charge in [-0.3, -0.25) is 14.5 Å². The van der Waals surface area contributed by atoms with Gasteiger partial charge in [-0.25, -0.2) is 5.48 Å². The number of β-amino-alcohol motifs (C(OH)–C–C–N with tert-alkyl or cyclic N) is 1. The molecular formula is C8H16N2O3. The standard InChI is InChI=1S/C8H16N2O3/c1-8(12)3-4-10(6-8)5-7(11)9-13-2/h12H,3-6H2,1-2H3,(H,9,11). The highest BCUT2D eigenvalue weighted by atomic mass is 16.6. The van der Waals surface area contributed by atoms with Gasteiger partial charge < -0.3 is 5.11 Å². The van der Waals surface area contributed by atoms with E-state index in [0.717, 1.165) is 6.54 Å². The second kappa shape index (κ2) is 4.04. The van der Waals surface area contributed by atoms with E-state index in [1.54, 1.807) is 6.92 Å². The fourth-order valence-electron chi connectivity index (χ4n) is 1.52. The van der Waals surface area contributed by atoms with Crippen molar-refractivity contribution in [2.75, 3.05) is 26.7 Å². The van der Waals surface area contributed by atoms with Crippen molar-refractivity contribution < 1.29 is 14.7 Å². The van der Waals surface area contributed by atoms with Gasteiger partial charge in [-0.2, -0.15) is 0 Å². The van der Waals surface area contributed by atoms with Crippen LogP contribution in [0.3, 0.4) is 0 Å². The predicted octanol–water partition coefficient (Wildman–Crippen LogP) is -0.879. The van der Waals surface area contributed by atoms with Crippen LogP contribution in [0.4, 0.5) is 0 Å². The molecule has 0 aromatic carbocycles. The molecule has 0 aliphatic carbocycles. The number of carbonyl (C=O) groups excluding carboxylic acids is 1. The molecule has 1 unspecified atom stereocenters. The van der Waals surface area contributed by atoms with E-state index in [1.165, 1.54) is 7.11 Å². The number of rotatable bonds is 3. The number of aliphatic hydroxyl groups is 1. The minimum atomic E-state index is -0.645. The third-order valence-corrected chi connectivity index (χ3v) is 2.11. The molecule has 2 N–H and O–H groups in total. The van der Waals surface area contributed by atoms with Crippen LogP contribution in [0.25, 0.3) is 0 Å². The van der Waals surface area contributed by atoms with E-state index in [0.29, 0.717) is 13.0 Å². The molecule has 1 amide bonds. The number of hydroxylamine groups is 1. The van der Waals surface area contributed by atoms with Gasteiger partial charge in [0.25, 0.3) is 5.91 Å². The summed E-state index contributed by atoms with van der Waals surface area (Å²) in [6, 6.07) is 0. The van der Waals surface area contributed by atoms with E-state index in [2.05, 4.69) is 10.3 Å². The number of nitrogens with zero attached hydrogens (tertiary/aromatic N) is 1. The Hall–Kier alpha value is -0.650. The van der Waals surface area contributed by atoms with Gasteiger partial charge in [0.1, 0.15) is 0 Å². The molecule has 0 saturated carbocycles. The van der Waals surface area contributed by atoms with Crippen LogP contribution in [0.2, 0.25) is 0 Å². The monoisotopic (exact) mass is 188 g/mol. The van der Waals surface area contributed by atoms with Gasteiger partial charge in [-0.05, 0) is 13.3 Å². The number of likely N-dealkylation sites (tertiary alicyclic amines) is 1. The van der Waals surface area contributed by atoms with Crippen LogP contribution in [-0.2, 0) is 9.63 Å². The smallest absolute Gasteiger partial charge is 0.257 e. The lowest BCUT2D eigenvalue weighted by Crippen LogP contribution is -2.37. The largest absolute Gasteiger partial charge is 0.389 e. The number of hydrogen-bond donors (Lipinski definition) is 2. The minimum absolute atomic E-state index is 0.180. The second-order valence-electron chi connectivity index (χ2n) is 3.69. The van der Waals surface area contributed by atoms with Gasteiger partial charge in [0.15, 0.2) is 0 Å². The van der Waals surface area contributed by atoms with Crippen LogP contribution in [0.15, 0.2) is 0 Å². The van der Waals surface area contributed by atoms with E-state index in [4.69, 9.17) is 0 Å². The molecule has 0 spiro atoms. The molecule has 76 valence electrons. The van der Waals surface area contributed by atoms with Crippen molar-refractivity contribution in [2.24, 2.45) is 0 Å². The quantitative estimate of drug-likeness (QED) is 0.565. The molecule has 1 rings (SSSR count). The molecule has 1 aliphatic heterocycles. The molecule has 0 radical (unpaired) electrons. The number of amides is 1. The van der Waals surface area contributed by atoms with Crippen LogP contribution in [0.5, 0.6) is 0 Å². The summed E-state index contributed by atoms with van der Waals surface area (Å²) in [5.74, 6) is -0.180. The maximum Gasteiger partial charge on any atom is 0.257 e. The Kier molecular flexibility index (Phi) is 3.24. The summed E-state index contributed by atoms with van der Waals surface area (Å²) in [5.41, 5.74) is 1.59. The Balaban J connectivity index is 2.28. The Bertz CT molecular complexity index is 194. The second-order valence-corrected chi connectivity index (χ2v) is 3.69. The fraction of sp³-hybridized carbons (Fsp3) is 0.875. The first-order chi connectivity index (χ1) is 6.03. The third-order valence-electron chi connectivity index (χ3n) is 2.11. The average molecular weight is 188 g/mol. The number of carbonyl (C=O) groups is 1. The molecule has 5 heteroatoms. The average Bonchev–Trinajstić information content (AvgIpc) is 2.30. The molecule has 1 aliphatic rings. The normalized spacial score (nSPS) is 29.2. The molecule has 0 aromatic heterocycles. The maximum atomic E-state index is 11.1. The van der Waals surface area contributed by atoms with Crippen LogP contribution in [0, 0.1) is 0 Å². The van der Waals surface area contributed by atoms with E-state index in [-0.39, 0.29) is 12.5 Å². The van der Waals surface area contributed by atoms with Crippen molar-refractivity contribution in [3.8, 4) is 0 Å². The number of nitrogens with one attached hydrogen (secondary N) is 1. The molecule has 1 fully saturated rings. The lowest BCUT2D eigenvalue weighted by Gasteiger charge is -2.17. The van der Waals surface area contributed by atoms with Crippen molar-refractivity contribution in [2.45, 2.75) is 18.9 Å². The van der Waals surface area contributed by atoms with E-state index < -0.39 is 5.60 Å². The molecular weight excluding hydrogens is 172 g/mol. The van der Waals surface area contributed by atoms with Crippen LogP contribution < -0.4 is 5.48 Å². The van der Waals surface area contributed by atoms with Crippen molar-refractivity contribution in [3.05, 3.63) is 0 Å². The van der Waals surface area contributed by atoms with Crippen LogP contribution in [0.1, 0.15) is 13.3 Å². The summed E-state index contributed by atoms with van der Waals surface area (Å²) in [5, 5.41) is 9.60. The first-order valence-corrected chi connectivity index (χ1v) is 4.30. The predicted molar refractivity (Wildman–Crippen MR) is 46.8 cm³/mol. The number of hydrogen-bond acceptors (Lipinski definition) is 4. The summed E-state index contributed by atoms with van der Waals surface area (Å²) in [4.78, 5) is 17.4. The highest BCUT2D eigenvalue weighted by Gasteiger charge is 2.31.